The highest BCUT2D eigenvalue weighted by Crippen LogP contribution is 2.39. The largest absolute Gasteiger partial charge is 0.478 e. The molecule has 2 heterocycles. The molecule has 9 nitrogen and oxygen atoms in total. The van der Waals surface area contributed by atoms with Gasteiger partial charge < -0.3 is 30.7 Å². The highest BCUT2D eigenvalue weighted by Gasteiger charge is 2.40. The summed E-state index contributed by atoms with van der Waals surface area (Å²) in [7, 11) is 1.76. The second-order valence-electron chi connectivity index (χ2n) is 10.9. The molecule has 3 aliphatic rings. The van der Waals surface area contributed by atoms with Crippen LogP contribution in [0.25, 0.3) is 0 Å². The Balaban J connectivity index is 1.45. The number of carboxylic acid groups (broad SMARTS) is 1. The number of anilines is 2. The molecule has 208 valence electrons. The third-order valence-electron chi connectivity index (χ3n) is 8.56. The van der Waals surface area contributed by atoms with Gasteiger partial charge in [-0.2, -0.15) is 0 Å². The van der Waals surface area contributed by atoms with E-state index in [1.54, 1.807) is 24.1 Å². The van der Waals surface area contributed by atoms with Gasteiger partial charge in [-0.3, -0.25) is 9.59 Å². The molecule has 2 aromatic rings. The maximum absolute atomic E-state index is 13.9. The smallest absolute Gasteiger partial charge is 0.335 e. The van der Waals surface area contributed by atoms with Gasteiger partial charge in [0, 0.05) is 50.1 Å². The molecule has 4 N–H and O–H groups in total. The zero-order chi connectivity index (χ0) is 27.5. The molecule has 1 unspecified atom stereocenters. The molecule has 1 saturated heterocycles. The van der Waals surface area contributed by atoms with Crippen LogP contribution in [0.2, 0.25) is 0 Å². The average Bonchev–Trinajstić information content (AvgIpc) is 2.96. The molecule has 2 amide bonds. The lowest BCUT2D eigenvalue weighted by atomic mass is 9.83. The monoisotopic (exact) mass is 534 g/mol. The summed E-state index contributed by atoms with van der Waals surface area (Å²) in [4.78, 5) is 43.1. The Bertz CT molecular complexity index is 1200. The van der Waals surface area contributed by atoms with Crippen LogP contribution in [0.5, 0.6) is 0 Å². The van der Waals surface area contributed by atoms with E-state index < -0.39 is 12.0 Å². The molecule has 2 aliphatic heterocycles. The van der Waals surface area contributed by atoms with Crippen molar-refractivity contribution in [3.63, 3.8) is 0 Å². The van der Waals surface area contributed by atoms with E-state index in [9.17, 15) is 19.5 Å². The number of nitrogens with two attached hydrogens (primary N) is 1. The lowest BCUT2D eigenvalue weighted by molar-refractivity contribution is -0.144. The number of carbonyl (C=O) groups is 3. The minimum Gasteiger partial charge on any atom is -0.478 e. The minimum absolute atomic E-state index is 0.0141. The van der Waals surface area contributed by atoms with Crippen LogP contribution in [0, 0.1) is 5.92 Å². The van der Waals surface area contributed by atoms with Gasteiger partial charge in [-0.25, -0.2) is 4.79 Å². The second-order valence-corrected chi connectivity index (χ2v) is 10.9. The second kappa shape index (κ2) is 11.8. The summed E-state index contributed by atoms with van der Waals surface area (Å²) >= 11 is 0. The van der Waals surface area contributed by atoms with Crippen LogP contribution >= 0.6 is 0 Å². The number of amides is 2. The van der Waals surface area contributed by atoms with Gasteiger partial charge in [0.2, 0.25) is 5.91 Å². The van der Waals surface area contributed by atoms with Gasteiger partial charge in [-0.05, 0) is 86.4 Å². The lowest BCUT2D eigenvalue weighted by Crippen LogP contribution is -2.49. The van der Waals surface area contributed by atoms with Gasteiger partial charge in [0.15, 0.2) is 0 Å². The van der Waals surface area contributed by atoms with E-state index in [0.717, 1.165) is 68.4 Å². The van der Waals surface area contributed by atoms with Gasteiger partial charge >= 0.3 is 5.97 Å². The van der Waals surface area contributed by atoms with Crippen LogP contribution in [-0.4, -0.2) is 66.7 Å². The number of carbonyl (C=O) groups excluding carboxylic acids is 2. The summed E-state index contributed by atoms with van der Waals surface area (Å²) in [5.41, 5.74) is 9.83. The fourth-order valence-electron chi connectivity index (χ4n) is 6.31. The van der Waals surface area contributed by atoms with Crippen LogP contribution in [0.4, 0.5) is 11.4 Å². The fraction of sp³-hybridized carbons (Fsp3) is 0.500. The average molecular weight is 535 g/mol. The molecule has 0 bridgehead atoms. The minimum atomic E-state index is -1.03. The van der Waals surface area contributed by atoms with E-state index in [0.29, 0.717) is 18.7 Å². The van der Waals surface area contributed by atoms with Gasteiger partial charge in [0.1, 0.15) is 6.04 Å². The van der Waals surface area contributed by atoms with Crippen molar-refractivity contribution in [2.45, 2.75) is 63.1 Å². The Morgan fingerprint density at radius 2 is 1.64 bits per heavy atom. The fourth-order valence-corrected chi connectivity index (χ4v) is 6.31. The van der Waals surface area contributed by atoms with Crippen molar-refractivity contribution in [2.24, 2.45) is 11.7 Å². The predicted octanol–water partition coefficient (Wildman–Crippen LogP) is 3.58. The van der Waals surface area contributed by atoms with E-state index in [2.05, 4.69) is 16.3 Å². The topological polar surface area (TPSA) is 125 Å². The number of hydrogen-bond acceptors (Lipinski definition) is 6. The van der Waals surface area contributed by atoms with Crippen molar-refractivity contribution in [3.05, 3.63) is 59.2 Å². The molecule has 1 atom stereocenters. The number of aromatic carboxylic acids is 1. The third kappa shape index (κ3) is 5.79. The van der Waals surface area contributed by atoms with Crippen molar-refractivity contribution in [1.82, 2.24) is 4.90 Å². The molecular weight excluding hydrogens is 496 g/mol. The number of nitrogens with zero attached hydrogens (tertiary/aromatic N) is 2. The summed E-state index contributed by atoms with van der Waals surface area (Å²) in [5.74, 6) is -1.44. The van der Waals surface area contributed by atoms with Gasteiger partial charge in [-0.1, -0.05) is 12.1 Å². The first-order valence-electron chi connectivity index (χ1n) is 14.0. The molecule has 0 radical (unpaired) electrons. The molecule has 0 spiro atoms. The zero-order valence-electron chi connectivity index (χ0n) is 22.5. The lowest BCUT2D eigenvalue weighted by Gasteiger charge is -2.41. The molecule has 9 heteroatoms. The normalized spacial score (nSPS) is 23.7. The van der Waals surface area contributed by atoms with Crippen LogP contribution in [0.1, 0.15) is 66.1 Å². The zero-order valence-corrected chi connectivity index (χ0v) is 22.5. The maximum Gasteiger partial charge on any atom is 0.335 e. The summed E-state index contributed by atoms with van der Waals surface area (Å²) in [6, 6.07) is 11.5. The molecule has 39 heavy (non-hydrogen) atoms. The van der Waals surface area contributed by atoms with Gasteiger partial charge in [-0.15, -0.1) is 0 Å². The molecule has 5 rings (SSSR count). The molecule has 1 aliphatic carbocycles. The van der Waals surface area contributed by atoms with Crippen LogP contribution in [0.15, 0.2) is 42.5 Å². The quantitative estimate of drug-likeness (QED) is 0.517. The molecule has 2 fully saturated rings. The van der Waals surface area contributed by atoms with Crippen molar-refractivity contribution < 1.29 is 24.2 Å². The summed E-state index contributed by atoms with van der Waals surface area (Å²) in [6.07, 6.45) is 5.96. The number of ether oxygens (including phenoxy) is 1. The molecular formula is C30H38N4O5. The number of rotatable bonds is 6. The Labute approximate surface area is 229 Å². The number of fused-ring (bicyclic) bond motifs is 1. The molecule has 2 aromatic carbocycles. The highest BCUT2D eigenvalue weighted by molar-refractivity contribution is 5.99. The predicted molar refractivity (Wildman–Crippen MR) is 149 cm³/mol. The van der Waals surface area contributed by atoms with Gasteiger partial charge in [0.25, 0.3) is 5.91 Å². The standard InChI is InChI=1S/C30H38N4O5/c1-39-23-13-16-33(17-14-23)26-4-2-3-25-24(26)15-18-34(29(36)19-5-9-21(31)10-6-19)27(25)28(35)32-22-11-7-20(8-12-22)30(37)38/h2-4,7-8,11-12,19,21,23,27H,5-6,9-10,13-18,31H2,1H3,(H,32,35)(H,37,38). The van der Waals surface area contributed by atoms with Gasteiger partial charge in [0.05, 0.1) is 11.7 Å². The van der Waals surface area contributed by atoms with Crippen molar-refractivity contribution in [2.75, 3.05) is 37.0 Å². The number of benzene rings is 2. The maximum atomic E-state index is 13.9. The Morgan fingerprint density at radius 1 is 0.949 bits per heavy atom. The number of methoxy groups -OCH3 is 1. The Morgan fingerprint density at radius 3 is 2.28 bits per heavy atom. The van der Waals surface area contributed by atoms with Crippen LogP contribution in [0.3, 0.4) is 0 Å². The number of nitrogens with one attached hydrogen (secondary N) is 1. The number of hydrogen-bond donors (Lipinski definition) is 3. The van der Waals surface area contributed by atoms with Crippen LogP contribution < -0.4 is 16.0 Å². The first-order valence-corrected chi connectivity index (χ1v) is 14.0. The SMILES string of the molecule is COC1CCN(c2cccc3c2CCN(C(=O)C2CCC(N)CC2)C3C(=O)Nc2ccc(C(=O)O)cc2)CC1. The summed E-state index contributed by atoms with van der Waals surface area (Å²) in [6.45, 7) is 2.23. The third-order valence-corrected chi connectivity index (χ3v) is 8.56. The Hall–Kier alpha value is -3.43. The molecule has 0 aromatic heterocycles. The van der Waals surface area contributed by atoms with E-state index in [1.807, 2.05) is 12.1 Å². The summed E-state index contributed by atoms with van der Waals surface area (Å²) in [5, 5.41) is 12.2. The highest BCUT2D eigenvalue weighted by atomic mass is 16.5. The number of carboxylic acids is 1. The Kier molecular flexibility index (Phi) is 8.18. The van der Waals surface area contributed by atoms with E-state index in [-0.39, 0.29) is 35.4 Å². The molecule has 1 saturated carbocycles. The van der Waals surface area contributed by atoms with Crippen molar-refractivity contribution in [1.29, 1.82) is 0 Å². The van der Waals surface area contributed by atoms with Crippen LogP contribution in [-0.2, 0) is 20.7 Å². The van der Waals surface area contributed by atoms with Crippen molar-refractivity contribution in [3.8, 4) is 0 Å². The van der Waals surface area contributed by atoms with E-state index >= 15 is 0 Å². The van der Waals surface area contributed by atoms with E-state index in [1.165, 1.54) is 12.1 Å². The van der Waals surface area contributed by atoms with E-state index in [4.69, 9.17) is 10.5 Å². The van der Waals surface area contributed by atoms with Crippen molar-refractivity contribution >= 4 is 29.2 Å². The number of piperidine rings is 1. The first kappa shape index (κ1) is 27.1. The summed E-state index contributed by atoms with van der Waals surface area (Å²) < 4.78 is 5.55. The first-order chi connectivity index (χ1) is 18.9.